The average molecular weight is 338 g/mol. The van der Waals surface area contributed by atoms with Crippen LogP contribution in [0.5, 0.6) is 0 Å². The molecule has 120 valence electrons. The molecule has 1 fully saturated rings. The Balaban J connectivity index is 1.89. The number of aliphatic imine (C=N–C) groups is 1. The molecule has 0 unspecified atom stereocenters. The van der Waals surface area contributed by atoms with E-state index in [1.165, 1.54) is 17.8 Å². The van der Waals surface area contributed by atoms with Crippen molar-refractivity contribution in [2.45, 2.75) is 6.92 Å². The van der Waals surface area contributed by atoms with Crippen molar-refractivity contribution >= 4 is 40.6 Å². The first-order chi connectivity index (χ1) is 11.5. The third kappa shape index (κ3) is 3.55. The van der Waals surface area contributed by atoms with Gasteiger partial charge in [0.2, 0.25) is 0 Å². The summed E-state index contributed by atoms with van der Waals surface area (Å²) in [7, 11) is 0. The Morgan fingerprint density at radius 3 is 2.75 bits per heavy atom. The maximum absolute atomic E-state index is 12.1. The lowest BCUT2D eigenvalue weighted by atomic mass is 10.1. The van der Waals surface area contributed by atoms with Crippen molar-refractivity contribution in [1.29, 1.82) is 0 Å². The number of carboxylic acids is 1. The van der Waals surface area contributed by atoms with Crippen LogP contribution in [0.3, 0.4) is 0 Å². The number of carbonyl (C=O) groups is 2. The van der Waals surface area contributed by atoms with Gasteiger partial charge in [0.05, 0.1) is 16.2 Å². The number of hydrogen-bond acceptors (Lipinski definition) is 4. The molecule has 1 amide bonds. The van der Waals surface area contributed by atoms with Crippen molar-refractivity contribution in [3.63, 3.8) is 0 Å². The fraction of sp³-hybridized carbons (Fsp3) is 0.0556. The highest BCUT2D eigenvalue weighted by atomic mass is 32.2. The quantitative estimate of drug-likeness (QED) is 0.838. The van der Waals surface area contributed by atoms with E-state index in [0.717, 1.165) is 11.1 Å². The molecule has 6 heteroatoms. The van der Waals surface area contributed by atoms with E-state index < -0.39 is 5.97 Å². The number of amidine groups is 1. The largest absolute Gasteiger partial charge is 0.478 e. The molecule has 0 saturated carbocycles. The lowest BCUT2D eigenvalue weighted by molar-refractivity contribution is -0.115. The molecule has 1 heterocycles. The highest BCUT2D eigenvalue weighted by Crippen LogP contribution is 2.29. The van der Waals surface area contributed by atoms with Crippen LogP contribution < -0.4 is 5.32 Å². The Kier molecular flexibility index (Phi) is 4.48. The smallest absolute Gasteiger partial charge is 0.337 e. The second-order valence-corrected chi connectivity index (χ2v) is 6.25. The second kappa shape index (κ2) is 6.72. The molecule has 0 aliphatic carbocycles. The van der Waals surface area contributed by atoms with Crippen LogP contribution >= 0.6 is 11.8 Å². The number of carbonyl (C=O) groups excluding carboxylic acids is 1. The summed E-state index contributed by atoms with van der Waals surface area (Å²) in [6, 6.07) is 14.2. The molecule has 24 heavy (non-hydrogen) atoms. The number of carboxylic acid groups (broad SMARTS) is 1. The summed E-state index contributed by atoms with van der Waals surface area (Å²) in [4.78, 5) is 28.1. The van der Waals surface area contributed by atoms with E-state index in [9.17, 15) is 14.7 Å². The Labute approximate surface area is 143 Å². The van der Waals surface area contributed by atoms with Gasteiger partial charge in [0.25, 0.3) is 5.91 Å². The maximum Gasteiger partial charge on any atom is 0.337 e. The van der Waals surface area contributed by atoms with Gasteiger partial charge in [0.15, 0.2) is 5.17 Å². The van der Waals surface area contributed by atoms with Crippen molar-refractivity contribution in [2.24, 2.45) is 4.99 Å². The van der Waals surface area contributed by atoms with Crippen molar-refractivity contribution in [2.75, 3.05) is 0 Å². The van der Waals surface area contributed by atoms with E-state index in [-0.39, 0.29) is 11.5 Å². The normalized spacial score (nSPS) is 17.3. The van der Waals surface area contributed by atoms with E-state index >= 15 is 0 Å². The van der Waals surface area contributed by atoms with Gasteiger partial charge in [-0.05, 0) is 42.5 Å². The summed E-state index contributed by atoms with van der Waals surface area (Å²) in [6.07, 6.45) is 1.79. The van der Waals surface area contributed by atoms with Gasteiger partial charge in [-0.15, -0.1) is 0 Å². The van der Waals surface area contributed by atoms with Crippen LogP contribution in [-0.4, -0.2) is 22.2 Å². The van der Waals surface area contributed by atoms with Crippen molar-refractivity contribution in [3.8, 4) is 0 Å². The number of aromatic carboxylic acids is 1. The van der Waals surface area contributed by atoms with Gasteiger partial charge in [0.1, 0.15) is 0 Å². The van der Waals surface area contributed by atoms with E-state index in [4.69, 9.17) is 0 Å². The lowest BCUT2D eigenvalue weighted by Crippen LogP contribution is -2.19. The van der Waals surface area contributed by atoms with Crippen LogP contribution in [0.1, 0.15) is 21.5 Å². The number of nitrogens with one attached hydrogen (secondary N) is 1. The fourth-order valence-electron chi connectivity index (χ4n) is 2.25. The Bertz CT molecular complexity index is 887. The molecule has 1 aliphatic rings. The molecule has 2 aromatic rings. The van der Waals surface area contributed by atoms with Crippen LogP contribution in [0.25, 0.3) is 6.08 Å². The zero-order valence-corrected chi connectivity index (χ0v) is 13.6. The number of benzene rings is 2. The minimum Gasteiger partial charge on any atom is -0.478 e. The van der Waals surface area contributed by atoms with Crippen molar-refractivity contribution < 1.29 is 14.7 Å². The number of hydrogen-bond donors (Lipinski definition) is 2. The monoisotopic (exact) mass is 338 g/mol. The van der Waals surface area contributed by atoms with Gasteiger partial charge in [-0.3, -0.25) is 4.79 Å². The molecule has 1 saturated heterocycles. The Morgan fingerprint density at radius 1 is 1.21 bits per heavy atom. The highest BCUT2D eigenvalue weighted by Gasteiger charge is 2.24. The predicted molar refractivity (Wildman–Crippen MR) is 95.4 cm³/mol. The van der Waals surface area contributed by atoms with E-state index in [2.05, 4.69) is 10.3 Å². The van der Waals surface area contributed by atoms with Crippen LogP contribution in [0.2, 0.25) is 0 Å². The van der Waals surface area contributed by atoms with Crippen LogP contribution in [0.4, 0.5) is 5.69 Å². The molecule has 2 aromatic carbocycles. The van der Waals surface area contributed by atoms with E-state index in [1.807, 2.05) is 31.2 Å². The molecule has 0 radical (unpaired) electrons. The zero-order chi connectivity index (χ0) is 17.1. The summed E-state index contributed by atoms with van der Waals surface area (Å²) in [5, 5.41) is 12.2. The minimum absolute atomic E-state index is 0.0935. The number of rotatable bonds is 3. The van der Waals surface area contributed by atoms with E-state index in [0.29, 0.717) is 15.8 Å². The number of para-hydroxylation sites is 1. The lowest BCUT2D eigenvalue weighted by Gasteiger charge is -2.00. The minimum atomic E-state index is -1.06. The Hall–Kier alpha value is -2.86. The summed E-state index contributed by atoms with van der Waals surface area (Å²) >= 11 is 1.19. The Morgan fingerprint density at radius 2 is 2.00 bits per heavy atom. The summed E-state index contributed by atoms with van der Waals surface area (Å²) in [5.41, 5.74) is 2.44. The molecule has 3 rings (SSSR count). The second-order valence-electron chi connectivity index (χ2n) is 5.22. The van der Waals surface area contributed by atoms with E-state index in [1.54, 1.807) is 24.3 Å². The van der Waals surface area contributed by atoms with Gasteiger partial charge in [-0.2, -0.15) is 0 Å². The summed E-state index contributed by atoms with van der Waals surface area (Å²) in [6.45, 7) is 1.99. The first kappa shape index (κ1) is 16.0. The number of amides is 1. The van der Waals surface area contributed by atoms with Gasteiger partial charge in [-0.1, -0.05) is 42.0 Å². The molecular weight excluding hydrogens is 324 g/mol. The van der Waals surface area contributed by atoms with Crippen LogP contribution in [-0.2, 0) is 4.79 Å². The number of aryl methyl sites for hydroxylation is 1. The van der Waals surface area contributed by atoms with Gasteiger partial charge in [-0.25, -0.2) is 9.79 Å². The number of thioether (sulfide) groups is 1. The zero-order valence-electron chi connectivity index (χ0n) is 12.8. The van der Waals surface area contributed by atoms with Gasteiger partial charge >= 0.3 is 5.97 Å². The van der Waals surface area contributed by atoms with Gasteiger partial charge < -0.3 is 10.4 Å². The molecule has 0 bridgehead atoms. The average Bonchev–Trinajstić information content (AvgIpc) is 2.87. The molecule has 1 aliphatic heterocycles. The topological polar surface area (TPSA) is 78.8 Å². The molecule has 0 aromatic heterocycles. The standard InChI is InChI=1S/C18H14N2O3S/c1-11-5-4-6-12(9-11)10-15-16(21)20-18(24-15)19-14-8-3-2-7-13(14)17(22)23/h2-10H,1H3,(H,22,23)(H,19,20,21)/b15-10-. The number of nitrogens with zero attached hydrogens (tertiary/aromatic N) is 1. The van der Waals surface area contributed by atoms with Crippen molar-refractivity contribution in [1.82, 2.24) is 5.32 Å². The molecule has 0 atom stereocenters. The highest BCUT2D eigenvalue weighted by molar-refractivity contribution is 8.18. The summed E-state index contributed by atoms with van der Waals surface area (Å²) < 4.78 is 0. The first-order valence-electron chi connectivity index (χ1n) is 7.21. The molecular formula is C18H14N2O3S. The predicted octanol–water partition coefficient (Wildman–Crippen LogP) is 3.58. The molecule has 0 spiro atoms. The third-order valence-electron chi connectivity index (χ3n) is 3.35. The fourth-order valence-corrected chi connectivity index (χ4v) is 3.09. The third-order valence-corrected chi connectivity index (χ3v) is 4.26. The van der Waals surface area contributed by atoms with Crippen molar-refractivity contribution in [3.05, 3.63) is 70.1 Å². The first-order valence-corrected chi connectivity index (χ1v) is 8.03. The molecule has 2 N–H and O–H groups in total. The summed E-state index contributed by atoms with van der Waals surface area (Å²) in [5.74, 6) is -1.30. The maximum atomic E-state index is 12.1. The van der Waals surface area contributed by atoms with Crippen LogP contribution in [0, 0.1) is 6.92 Å². The molecule has 5 nitrogen and oxygen atoms in total. The van der Waals surface area contributed by atoms with Gasteiger partial charge in [0, 0.05) is 0 Å². The SMILES string of the molecule is Cc1cccc(/C=C2\SC(=Nc3ccccc3C(=O)O)NC2=O)c1. The van der Waals surface area contributed by atoms with Crippen LogP contribution in [0.15, 0.2) is 58.4 Å².